The summed E-state index contributed by atoms with van der Waals surface area (Å²) in [6.45, 7) is 5.89. The largest absolute Gasteiger partial charge is 0.378 e. The molecule has 0 saturated carbocycles. The Balaban J connectivity index is 2.27. The number of hydrogen-bond acceptors (Lipinski definition) is 4. The lowest BCUT2D eigenvalue weighted by Gasteiger charge is -2.11. The molecule has 0 aliphatic heterocycles. The Bertz CT molecular complexity index is 702. The quantitative estimate of drug-likeness (QED) is 0.660. The first-order chi connectivity index (χ1) is 9.90. The standard InChI is InChI=1S/C15H16BrN3O2/c1-9-4-5-12(16)13(6-9)18-8-14-11(3)15(19(20)21)10(2)7-17-14/h4-7,18H,8H2,1-3H3. The lowest BCUT2D eigenvalue weighted by atomic mass is 10.1. The van der Waals surface area contributed by atoms with Gasteiger partial charge in [0, 0.05) is 21.9 Å². The second-order valence-electron chi connectivity index (χ2n) is 4.96. The number of rotatable bonds is 4. The molecule has 0 atom stereocenters. The molecule has 110 valence electrons. The number of nitrogens with one attached hydrogen (secondary N) is 1. The van der Waals surface area contributed by atoms with Crippen LogP contribution >= 0.6 is 15.9 Å². The number of hydrogen-bond donors (Lipinski definition) is 1. The fraction of sp³-hybridized carbons (Fsp3) is 0.267. The van der Waals surface area contributed by atoms with Gasteiger partial charge in [-0.1, -0.05) is 6.07 Å². The zero-order valence-electron chi connectivity index (χ0n) is 12.1. The predicted octanol–water partition coefficient (Wildman–Crippen LogP) is 4.29. The van der Waals surface area contributed by atoms with Gasteiger partial charge < -0.3 is 5.32 Å². The van der Waals surface area contributed by atoms with Gasteiger partial charge in [-0.05, 0) is 54.4 Å². The van der Waals surface area contributed by atoms with Crippen LogP contribution in [0.4, 0.5) is 11.4 Å². The molecule has 0 aliphatic carbocycles. The topological polar surface area (TPSA) is 68.1 Å². The van der Waals surface area contributed by atoms with Crippen LogP contribution in [0, 0.1) is 30.9 Å². The van der Waals surface area contributed by atoms with Gasteiger partial charge in [0.2, 0.25) is 0 Å². The van der Waals surface area contributed by atoms with Gasteiger partial charge in [0.25, 0.3) is 5.69 Å². The Morgan fingerprint density at radius 1 is 1.33 bits per heavy atom. The number of nitrogens with zero attached hydrogens (tertiary/aromatic N) is 2. The predicted molar refractivity (Wildman–Crippen MR) is 86.6 cm³/mol. The van der Waals surface area contributed by atoms with E-state index in [0.717, 1.165) is 15.7 Å². The van der Waals surface area contributed by atoms with Crippen LogP contribution in [-0.2, 0) is 6.54 Å². The summed E-state index contributed by atoms with van der Waals surface area (Å²) in [6.07, 6.45) is 1.55. The lowest BCUT2D eigenvalue weighted by molar-refractivity contribution is -0.386. The van der Waals surface area contributed by atoms with Crippen molar-refractivity contribution in [1.29, 1.82) is 0 Å². The minimum atomic E-state index is -0.349. The number of benzene rings is 1. The third-order valence-electron chi connectivity index (χ3n) is 3.33. The Kier molecular flexibility index (Phi) is 4.57. The van der Waals surface area contributed by atoms with Gasteiger partial charge >= 0.3 is 0 Å². The molecule has 1 aromatic heterocycles. The SMILES string of the molecule is Cc1ccc(Br)c(NCc2ncc(C)c([N+](=O)[O-])c2C)c1. The zero-order chi connectivity index (χ0) is 15.6. The monoisotopic (exact) mass is 349 g/mol. The van der Waals surface area contributed by atoms with Crippen molar-refractivity contribution in [3.05, 3.63) is 61.4 Å². The highest BCUT2D eigenvalue weighted by molar-refractivity contribution is 9.10. The van der Waals surface area contributed by atoms with Crippen molar-refractivity contribution in [2.24, 2.45) is 0 Å². The van der Waals surface area contributed by atoms with Gasteiger partial charge in [-0.2, -0.15) is 0 Å². The third-order valence-corrected chi connectivity index (χ3v) is 4.02. The van der Waals surface area contributed by atoms with E-state index >= 15 is 0 Å². The average molecular weight is 350 g/mol. The van der Waals surface area contributed by atoms with Crippen LogP contribution < -0.4 is 5.32 Å². The van der Waals surface area contributed by atoms with Crippen LogP contribution in [0.1, 0.15) is 22.4 Å². The van der Waals surface area contributed by atoms with E-state index in [-0.39, 0.29) is 10.6 Å². The molecule has 5 nitrogen and oxygen atoms in total. The maximum Gasteiger partial charge on any atom is 0.278 e. The van der Waals surface area contributed by atoms with Crippen molar-refractivity contribution in [2.45, 2.75) is 27.3 Å². The van der Waals surface area contributed by atoms with E-state index in [9.17, 15) is 10.1 Å². The Hall–Kier alpha value is -1.95. The Morgan fingerprint density at radius 2 is 2.05 bits per heavy atom. The number of aryl methyl sites for hydroxylation is 2. The van der Waals surface area contributed by atoms with Crippen LogP contribution in [0.3, 0.4) is 0 Å². The van der Waals surface area contributed by atoms with Crippen LogP contribution in [-0.4, -0.2) is 9.91 Å². The van der Waals surface area contributed by atoms with E-state index in [1.165, 1.54) is 0 Å². The molecule has 2 rings (SSSR count). The van der Waals surface area contributed by atoms with Crippen molar-refractivity contribution < 1.29 is 4.92 Å². The van der Waals surface area contributed by atoms with Crippen molar-refractivity contribution in [3.8, 4) is 0 Å². The van der Waals surface area contributed by atoms with Gasteiger partial charge in [-0.15, -0.1) is 0 Å². The zero-order valence-corrected chi connectivity index (χ0v) is 13.7. The van der Waals surface area contributed by atoms with Crippen LogP contribution in [0.5, 0.6) is 0 Å². The number of pyridine rings is 1. The van der Waals surface area contributed by atoms with E-state index in [1.54, 1.807) is 20.0 Å². The summed E-state index contributed by atoms with van der Waals surface area (Å²) in [6, 6.07) is 5.99. The summed E-state index contributed by atoms with van der Waals surface area (Å²) in [5, 5.41) is 14.4. The van der Waals surface area contributed by atoms with Gasteiger partial charge in [-0.25, -0.2) is 0 Å². The van der Waals surface area contributed by atoms with E-state index < -0.39 is 0 Å². The molecule has 0 fully saturated rings. The molecule has 0 amide bonds. The van der Waals surface area contributed by atoms with Crippen LogP contribution in [0.2, 0.25) is 0 Å². The molecule has 0 aliphatic rings. The van der Waals surface area contributed by atoms with Crippen LogP contribution in [0.15, 0.2) is 28.9 Å². The third kappa shape index (κ3) is 3.39. The number of aromatic nitrogens is 1. The van der Waals surface area contributed by atoms with E-state index in [1.807, 2.05) is 25.1 Å². The summed E-state index contributed by atoms with van der Waals surface area (Å²) >= 11 is 3.48. The summed E-state index contributed by atoms with van der Waals surface area (Å²) < 4.78 is 0.951. The molecule has 0 spiro atoms. The fourth-order valence-corrected chi connectivity index (χ4v) is 2.56. The normalized spacial score (nSPS) is 10.5. The molecule has 1 aromatic carbocycles. The van der Waals surface area contributed by atoms with Gasteiger partial charge in [0.1, 0.15) is 0 Å². The van der Waals surface area contributed by atoms with Gasteiger partial charge in [0.15, 0.2) is 0 Å². The minimum absolute atomic E-state index is 0.144. The maximum atomic E-state index is 11.1. The van der Waals surface area contributed by atoms with E-state index in [0.29, 0.717) is 23.4 Å². The second-order valence-corrected chi connectivity index (χ2v) is 5.81. The fourth-order valence-electron chi connectivity index (χ4n) is 2.18. The Morgan fingerprint density at radius 3 is 2.71 bits per heavy atom. The van der Waals surface area contributed by atoms with Crippen molar-refractivity contribution >= 4 is 27.3 Å². The van der Waals surface area contributed by atoms with Gasteiger partial charge in [0.05, 0.1) is 22.7 Å². The molecule has 1 N–H and O–H groups in total. The molecule has 0 radical (unpaired) electrons. The molecule has 6 heteroatoms. The summed E-state index contributed by atoms with van der Waals surface area (Å²) in [5.41, 5.74) is 4.10. The van der Waals surface area contributed by atoms with Crippen molar-refractivity contribution in [2.75, 3.05) is 5.32 Å². The van der Waals surface area contributed by atoms with Crippen molar-refractivity contribution in [1.82, 2.24) is 4.98 Å². The highest BCUT2D eigenvalue weighted by Gasteiger charge is 2.18. The summed E-state index contributed by atoms with van der Waals surface area (Å²) in [7, 11) is 0. The first kappa shape index (κ1) is 15.4. The second kappa shape index (κ2) is 6.22. The molecule has 0 saturated heterocycles. The van der Waals surface area contributed by atoms with Crippen LogP contribution in [0.25, 0.3) is 0 Å². The first-order valence-electron chi connectivity index (χ1n) is 6.49. The van der Waals surface area contributed by atoms with E-state index in [2.05, 4.69) is 26.2 Å². The highest BCUT2D eigenvalue weighted by atomic mass is 79.9. The number of anilines is 1. The molecule has 0 bridgehead atoms. The summed E-state index contributed by atoms with van der Waals surface area (Å²) in [4.78, 5) is 15.1. The molecular formula is C15H16BrN3O2. The Labute approximate surface area is 131 Å². The molecule has 2 aromatic rings. The number of nitro groups is 1. The minimum Gasteiger partial charge on any atom is -0.378 e. The molecule has 1 heterocycles. The van der Waals surface area contributed by atoms with E-state index in [4.69, 9.17) is 0 Å². The van der Waals surface area contributed by atoms with Crippen molar-refractivity contribution in [3.63, 3.8) is 0 Å². The van der Waals surface area contributed by atoms with Gasteiger partial charge in [-0.3, -0.25) is 15.1 Å². The summed E-state index contributed by atoms with van der Waals surface area (Å²) in [5.74, 6) is 0. The smallest absolute Gasteiger partial charge is 0.278 e. The lowest BCUT2D eigenvalue weighted by Crippen LogP contribution is -2.07. The molecule has 21 heavy (non-hydrogen) atoms. The maximum absolute atomic E-state index is 11.1. The molecule has 0 unspecified atom stereocenters. The first-order valence-corrected chi connectivity index (χ1v) is 7.29. The molecular weight excluding hydrogens is 334 g/mol. The average Bonchev–Trinajstić information content (AvgIpc) is 2.41. The highest BCUT2D eigenvalue weighted by Crippen LogP contribution is 2.27. The number of halogens is 1.